The quantitative estimate of drug-likeness (QED) is 0.660. The molecule has 2 aliphatic rings. The highest BCUT2D eigenvalue weighted by Gasteiger charge is 2.29. The highest BCUT2D eigenvalue weighted by atomic mass is 32.1. The summed E-state index contributed by atoms with van der Waals surface area (Å²) in [5.41, 5.74) is 7.44. The van der Waals surface area contributed by atoms with Crippen LogP contribution in [0.5, 0.6) is 0 Å². The highest BCUT2D eigenvalue weighted by Crippen LogP contribution is 2.33. The van der Waals surface area contributed by atoms with E-state index in [0.29, 0.717) is 28.2 Å². The molecule has 0 unspecified atom stereocenters. The zero-order chi connectivity index (χ0) is 21.2. The molecule has 0 radical (unpaired) electrons. The van der Waals surface area contributed by atoms with E-state index in [0.717, 1.165) is 28.1 Å². The molecule has 2 aliphatic heterocycles. The number of rotatable bonds is 1. The number of fused-ring (bicyclic) bond motifs is 2. The van der Waals surface area contributed by atoms with E-state index in [1.165, 1.54) is 22.5 Å². The van der Waals surface area contributed by atoms with Crippen molar-refractivity contribution in [3.8, 4) is 0 Å². The second-order valence-electron chi connectivity index (χ2n) is 8.03. The van der Waals surface area contributed by atoms with Gasteiger partial charge in [0.05, 0.1) is 11.3 Å². The largest absolute Gasteiger partial charge is 0.334 e. The summed E-state index contributed by atoms with van der Waals surface area (Å²) in [6.45, 7) is 9.04. The average molecular weight is 419 g/mol. The number of thiazole rings is 1. The summed E-state index contributed by atoms with van der Waals surface area (Å²) in [5.74, 6) is -0.221. The van der Waals surface area contributed by atoms with E-state index in [-0.39, 0.29) is 11.5 Å². The number of carbonyl (C=O) groups excluding carboxylic acids is 1. The van der Waals surface area contributed by atoms with Crippen molar-refractivity contribution in [3.63, 3.8) is 0 Å². The van der Waals surface area contributed by atoms with Crippen LogP contribution in [-0.4, -0.2) is 17.1 Å². The first-order chi connectivity index (χ1) is 14.3. The van der Waals surface area contributed by atoms with Crippen molar-refractivity contribution in [1.82, 2.24) is 4.57 Å². The molecule has 1 N–H and O–H groups in total. The summed E-state index contributed by atoms with van der Waals surface area (Å²) in [7, 11) is 0. The van der Waals surface area contributed by atoms with E-state index in [1.54, 1.807) is 4.57 Å². The Morgan fingerprint density at radius 1 is 1.00 bits per heavy atom. The molecule has 152 valence electrons. The standard InChI is InChI=1S/C23H22N4O2S/c1-12-7-15(4)19-17(8-12)18(21(28)25-19)20-22(29)27-11-26(10-24-23(27)30-20)16-6-5-13(2)14(3)9-16/h5-9H,10-11H2,1-4H3,(H,25,28)/b20-18+. The SMILES string of the molecule is Cc1cc(C)c2c(c1)/C(=c1\sc3n(c1=O)CN(c1ccc(C)c(C)c1)CN=3)C(=O)N2. The predicted octanol–water partition coefficient (Wildman–Crippen LogP) is 2.35. The van der Waals surface area contributed by atoms with Crippen LogP contribution in [0.25, 0.3) is 5.57 Å². The van der Waals surface area contributed by atoms with Gasteiger partial charge in [-0.2, -0.15) is 0 Å². The van der Waals surface area contributed by atoms with Gasteiger partial charge in [-0.1, -0.05) is 29.0 Å². The van der Waals surface area contributed by atoms with Crippen LogP contribution in [0, 0.1) is 27.7 Å². The van der Waals surface area contributed by atoms with Crippen LogP contribution in [-0.2, 0) is 11.5 Å². The summed E-state index contributed by atoms with van der Waals surface area (Å²) in [4.78, 5) is 33.5. The summed E-state index contributed by atoms with van der Waals surface area (Å²) in [6, 6.07) is 10.3. The molecule has 2 aromatic carbocycles. The number of hydrogen-bond donors (Lipinski definition) is 1. The number of amides is 1. The molecule has 5 rings (SSSR count). The van der Waals surface area contributed by atoms with Gasteiger partial charge in [0.25, 0.3) is 11.5 Å². The smallest absolute Gasteiger partial charge is 0.272 e. The molecule has 0 spiro atoms. The van der Waals surface area contributed by atoms with Gasteiger partial charge in [0.15, 0.2) is 4.80 Å². The van der Waals surface area contributed by atoms with E-state index in [2.05, 4.69) is 47.3 Å². The van der Waals surface area contributed by atoms with Crippen LogP contribution < -0.4 is 25.1 Å². The zero-order valence-electron chi connectivity index (χ0n) is 17.4. The third kappa shape index (κ3) is 2.81. The molecule has 0 aliphatic carbocycles. The van der Waals surface area contributed by atoms with Crippen molar-refractivity contribution < 1.29 is 4.79 Å². The van der Waals surface area contributed by atoms with Gasteiger partial charge in [-0.05, 0) is 62.6 Å². The third-order valence-corrected chi connectivity index (χ3v) is 6.96. The van der Waals surface area contributed by atoms with Crippen LogP contribution in [0.4, 0.5) is 11.4 Å². The van der Waals surface area contributed by atoms with Gasteiger partial charge in [0, 0.05) is 11.3 Å². The summed E-state index contributed by atoms with van der Waals surface area (Å²) in [6.07, 6.45) is 0. The lowest BCUT2D eigenvalue weighted by molar-refractivity contribution is -0.110. The molecular weight excluding hydrogens is 396 g/mol. The Balaban J connectivity index is 1.65. The lowest BCUT2D eigenvalue weighted by Gasteiger charge is -2.26. The van der Waals surface area contributed by atoms with Gasteiger partial charge < -0.3 is 10.2 Å². The minimum atomic E-state index is -0.221. The Hall–Kier alpha value is -3.19. The number of nitrogens with zero attached hydrogens (tertiary/aromatic N) is 3. The second kappa shape index (κ2) is 6.67. The topological polar surface area (TPSA) is 66.7 Å². The molecule has 1 aromatic heterocycles. The summed E-state index contributed by atoms with van der Waals surface area (Å²) in [5, 5.41) is 2.94. The van der Waals surface area contributed by atoms with E-state index in [1.807, 2.05) is 26.0 Å². The van der Waals surface area contributed by atoms with Crippen LogP contribution >= 0.6 is 11.3 Å². The Bertz CT molecular complexity index is 1410. The predicted molar refractivity (Wildman–Crippen MR) is 120 cm³/mol. The lowest BCUT2D eigenvalue weighted by Crippen LogP contribution is -2.43. The maximum Gasteiger partial charge on any atom is 0.272 e. The third-order valence-electron chi connectivity index (χ3n) is 5.85. The highest BCUT2D eigenvalue weighted by molar-refractivity contribution is 7.07. The Labute approximate surface area is 177 Å². The van der Waals surface area contributed by atoms with Crippen LogP contribution in [0.2, 0.25) is 0 Å². The van der Waals surface area contributed by atoms with Crippen molar-refractivity contribution in [3.05, 3.63) is 77.8 Å². The number of benzene rings is 2. The minimum Gasteiger partial charge on any atom is -0.334 e. The van der Waals surface area contributed by atoms with Crippen molar-refractivity contribution in [1.29, 1.82) is 0 Å². The first-order valence-electron chi connectivity index (χ1n) is 9.87. The number of carbonyl (C=O) groups is 1. The molecule has 6 nitrogen and oxygen atoms in total. The van der Waals surface area contributed by atoms with Crippen molar-refractivity contribution >= 4 is 34.2 Å². The molecule has 0 atom stereocenters. The summed E-state index contributed by atoms with van der Waals surface area (Å²) < 4.78 is 2.12. The molecule has 0 bridgehead atoms. The van der Waals surface area contributed by atoms with Crippen molar-refractivity contribution in [2.75, 3.05) is 16.9 Å². The molecule has 0 fully saturated rings. The second-order valence-corrected chi connectivity index (χ2v) is 9.01. The van der Waals surface area contributed by atoms with Gasteiger partial charge in [-0.15, -0.1) is 0 Å². The van der Waals surface area contributed by atoms with Gasteiger partial charge in [0.1, 0.15) is 17.9 Å². The normalized spacial score (nSPS) is 16.8. The number of aromatic nitrogens is 1. The van der Waals surface area contributed by atoms with Crippen LogP contribution in [0.1, 0.15) is 27.8 Å². The van der Waals surface area contributed by atoms with Gasteiger partial charge in [-0.25, -0.2) is 4.99 Å². The number of nitrogens with one attached hydrogen (secondary N) is 1. The maximum absolute atomic E-state index is 13.3. The van der Waals surface area contributed by atoms with E-state index in [4.69, 9.17) is 0 Å². The molecule has 3 aromatic rings. The Morgan fingerprint density at radius 3 is 2.57 bits per heavy atom. The monoisotopic (exact) mass is 418 g/mol. The van der Waals surface area contributed by atoms with E-state index in [9.17, 15) is 9.59 Å². The van der Waals surface area contributed by atoms with Gasteiger partial charge in [0.2, 0.25) is 0 Å². The molecule has 0 saturated heterocycles. The van der Waals surface area contributed by atoms with E-state index >= 15 is 0 Å². The molecular formula is C23H22N4O2S. The first kappa shape index (κ1) is 18.8. The molecule has 30 heavy (non-hydrogen) atoms. The molecule has 0 saturated carbocycles. The zero-order valence-corrected chi connectivity index (χ0v) is 18.2. The molecule has 7 heteroatoms. The van der Waals surface area contributed by atoms with E-state index < -0.39 is 0 Å². The number of anilines is 2. The van der Waals surface area contributed by atoms with Crippen LogP contribution in [0.3, 0.4) is 0 Å². The fraction of sp³-hybridized carbons (Fsp3) is 0.261. The minimum absolute atomic E-state index is 0.163. The summed E-state index contributed by atoms with van der Waals surface area (Å²) >= 11 is 1.30. The lowest BCUT2D eigenvalue weighted by atomic mass is 10.0. The van der Waals surface area contributed by atoms with Gasteiger partial charge >= 0.3 is 0 Å². The maximum atomic E-state index is 13.3. The Morgan fingerprint density at radius 2 is 1.80 bits per heavy atom. The fourth-order valence-electron chi connectivity index (χ4n) is 4.10. The molecule has 3 heterocycles. The number of hydrogen-bond acceptors (Lipinski definition) is 5. The van der Waals surface area contributed by atoms with Crippen molar-refractivity contribution in [2.45, 2.75) is 34.4 Å². The van der Waals surface area contributed by atoms with Crippen LogP contribution in [0.15, 0.2) is 40.1 Å². The number of aryl methyl sites for hydroxylation is 4. The average Bonchev–Trinajstić information content (AvgIpc) is 3.20. The fourth-order valence-corrected chi connectivity index (χ4v) is 5.16. The molecule has 1 amide bonds. The Kier molecular flexibility index (Phi) is 4.18. The van der Waals surface area contributed by atoms with Gasteiger partial charge in [-0.3, -0.25) is 14.2 Å². The van der Waals surface area contributed by atoms with Crippen molar-refractivity contribution in [2.24, 2.45) is 4.99 Å². The first-order valence-corrected chi connectivity index (χ1v) is 10.7.